The molecule has 11 heteroatoms. The normalized spacial score (nSPS) is 30.2. The second-order valence-corrected chi connectivity index (χ2v) is 8.21. The number of hydrogen-bond donors (Lipinski definition) is 1. The third-order valence-electron chi connectivity index (χ3n) is 6.26. The van der Waals surface area contributed by atoms with Gasteiger partial charge in [-0.15, -0.1) is 0 Å². The number of amides is 2. The van der Waals surface area contributed by atoms with Crippen LogP contribution in [0.3, 0.4) is 0 Å². The lowest BCUT2D eigenvalue weighted by atomic mass is 9.71. The highest BCUT2D eigenvalue weighted by Crippen LogP contribution is 2.41. The molecule has 2 bridgehead atoms. The number of carbonyl (C=O) groups is 2. The topological polar surface area (TPSA) is 83.4 Å². The summed E-state index contributed by atoms with van der Waals surface area (Å²) in [5.74, 6) is -0.736. The maximum Gasteiger partial charge on any atom is 0.405 e. The summed E-state index contributed by atoms with van der Waals surface area (Å²) in [4.78, 5) is 33.2. The summed E-state index contributed by atoms with van der Waals surface area (Å²) in [6, 6.07) is -0.913. The van der Waals surface area contributed by atoms with Crippen molar-refractivity contribution in [2.24, 2.45) is 11.8 Å². The summed E-state index contributed by atoms with van der Waals surface area (Å²) in [5, 5.41) is 6.11. The molecular formula is C18H25F3N6O2. The summed E-state index contributed by atoms with van der Waals surface area (Å²) < 4.78 is 39.6. The lowest BCUT2D eigenvalue weighted by molar-refractivity contribution is -0.163. The van der Waals surface area contributed by atoms with Gasteiger partial charge in [0.25, 0.3) is 0 Å². The van der Waals surface area contributed by atoms with Gasteiger partial charge in [0.05, 0.1) is 6.54 Å². The number of rotatable bonds is 5. The minimum atomic E-state index is -4.48. The van der Waals surface area contributed by atoms with E-state index in [0.717, 1.165) is 25.8 Å². The Labute approximate surface area is 166 Å². The van der Waals surface area contributed by atoms with Crippen LogP contribution in [0.25, 0.3) is 0 Å². The standard InChI is InChI=1S/C18H25F3N6O2/c19-18(20,21)9-23-17(29)16-13-6-12(14-2-1-3-15(28)27(14)16)7-25(8-13)4-5-26-11-22-10-24-26/h10-14,16H,1-9H2,(H,23,29)/t12-,13+,14+,16-/m1/s1. The van der Waals surface area contributed by atoms with Crippen LogP contribution in [0.1, 0.15) is 25.7 Å². The highest BCUT2D eigenvalue weighted by atomic mass is 19.4. The Balaban J connectivity index is 1.50. The van der Waals surface area contributed by atoms with Crippen LogP contribution in [0.2, 0.25) is 0 Å². The second kappa shape index (κ2) is 7.92. The van der Waals surface area contributed by atoms with Crippen LogP contribution in [-0.2, 0) is 16.1 Å². The number of fused-ring (bicyclic) bond motifs is 4. The fourth-order valence-electron chi connectivity index (χ4n) is 5.16. The first-order valence-corrected chi connectivity index (χ1v) is 10.0. The van der Waals surface area contributed by atoms with Crippen molar-refractivity contribution >= 4 is 11.8 Å². The molecule has 0 radical (unpaired) electrons. The monoisotopic (exact) mass is 414 g/mol. The van der Waals surface area contributed by atoms with Crippen LogP contribution in [0.15, 0.2) is 12.7 Å². The van der Waals surface area contributed by atoms with E-state index in [1.54, 1.807) is 15.9 Å². The third-order valence-corrected chi connectivity index (χ3v) is 6.26. The molecule has 3 saturated heterocycles. The van der Waals surface area contributed by atoms with Crippen molar-refractivity contribution in [3.8, 4) is 0 Å². The Hall–Kier alpha value is -2.17. The molecule has 160 valence electrons. The Morgan fingerprint density at radius 2 is 2.03 bits per heavy atom. The predicted octanol–water partition coefficient (Wildman–Crippen LogP) is 0.658. The van der Waals surface area contributed by atoms with Gasteiger partial charge in [-0.2, -0.15) is 18.3 Å². The zero-order valence-corrected chi connectivity index (χ0v) is 16.0. The van der Waals surface area contributed by atoms with Crippen molar-refractivity contribution in [2.75, 3.05) is 26.2 Å². The van der Waals surface area contributed by atoms with Crippen molar-refractivity contribution in [2.45, 2.75) is 50.5 Å². The van der Waals surface area contributed by atoms with Crippen molar-refractivity contribution in [3.63, 3.8) is 0 Å². The number of nitrogens with one attached hydrogen (secondary N) is 1. The number of carbonyl (C=O) groups excluding carboxylic acids is 2. The van der Waals surface area contributed by atoms with Crippen LogP contribution in [0, 0.1) is 11.8 Å². The SMILES string of the molecule is O=C(NCC(F)(F)F)[C@H]1[C@H]2C[C@H](CN(CCn3cncn3)C2)[C@@H]2CCCC(=O)N21. The third kappa shape index (κ3) is 4.39. The van der Waals surface area contributed by atoms with Gasteiger partial charge in [0.15, 0.2) is 0 Å². The van der Waals surface area contributed by atoms with E-state index in [9.17, 15) is 22.8 Å². The molecule has 1 N–H and O–H groups in total. The Kier molecular flexibility index (Phi) is 5.50. The Morgan fingerprint density at radius 1 is 1.24 bits per heavy atom. The van der Waals surface area contributed by atoms with Gasteiger partial charge in [-0.05, 0) is 25.2 Å². The van der Waals surface area contributed by atoms with Gasteiger partial charge >= 0.3 is 6.18 Å². The molecule has 3 aliphatic rings. The largest absolute Gasteiger partial charge is 0.405 e. The first kappa shape index (κ1) is 20.1. The molecule has 8 nitrogen and oxygen atoms in total. The average Bonchev–Trinajstić information content (AvgIpc) is 3.18. The van der Waals surface area contributed by atoms with E-state index < -0.39 is 24.7 Å². The molecule has 4 heterocycles. The smallest absolute Gasteiger partial charge is 0.345 e. The lowest BCUT2D eigenvalue weighted by Crippen LogP contribution is -2.68. The molecule has 2 amide bonds. The number of aromatic nitrogens is 3. The van der Waals surface area contributed by atoms with Crippen molar-refractivity contribution < 1.29 is 22.8 Å². The van der Waals surface area contributed by atoms with E-state index in [4.69, 9.17) is 0 Å². The second-order valence-electron chi connectivity index (χ2n) is 8.21. The van der Waals surface area contributed by atoms with Crippen LogP contribution in [0.5, 0.6) is 0 Å². The molecule has 0 unspecified atom stereocenters. The Morgan fingerprint density at radius 3 is 2.76 bits per heavy atom. The van der Waals surface area contributed by atoms with Gasteiger partial charge in [0.1, 0.15) is 25.2 Å². The summed E-state index contributed by atoms with van der Waals surface area (Å²) in [6.45, 7) is 1.38. The molecule has 0 aliphatic carbocycles. The van der Waals surface area contributed by atoms with E-state index in [0.29, 0.717) is 26.1 Å². The van der Waals surface area contributed by atoms with Crippen molar-refractivity contribution in [1.82, 2.24) is 29.9 Å². The minimum Gasteiger partial charge on any atom is -0.345 e. The average molecular weight is 414 g/mol. The summed E-state index contributed by atoms with van der Waals surface area (Å²) >= 11 is 0. The van der Waals surface area contributed by atoms with Crippen LogP contribution >= 0.6 is 0 Å². The highest BCUT2D eigenvalue weighted by molar-refractivity contribution is 5.89. The molecule has 1 aromatic rings. The fraction of sp³-hybridized carbons (Fsp3) is 0.778. The van der Waals surface area contributed by atoms with E-state index in [1.165, 1.54) is 6.33 Å². The first-order chi connectivity index (χ1) is 13.8. The highest BCUT2D eigenvalue weighted by Gasteiger charge is 2.52. The maximum absolute atomic E-state index is 12.8. The number of alkyl halides is 3. The van der Waals surface area contributed by atoms with E-state index in [1.807, 2.05) is 5.32 Å². The zero-order valence-electron chi connectivity index (χ0n) is 16.0. The fourth-order valence-corrected chi connectivity index (χ4v) is 5.16. The molecule has 0 spiro atoms. The Bertz CT molecular complexity index is 740. The number of likely N-dealkylation sites (tertiary alicyclic amines) is 1. The molecule has 3 fully saturated rings. The molecule has 1 aromatic heterocycles. The van der Waals surface area contributed by atoms with Crippen LogP contribution < -0.4 is 5.32 Å². The zero-order chi connectivity index (χ0) is 20.6. The first-order valence-electron chi connectivity index (χ1n) is 10.0. The maximum atomic E-state index is 12.8. The number of hydrogen-bond acceptors (Lipinski definition) is 5. The van der Waals surface area contributed by atoms with Gasteiger partial charge in [-0.3, -0.25) is 14.3 Å². The molecule has 0 saturated carbocycles. The summed E-state index contributed by atoms with van der Waals surface area (Å²) in [7, 11) is 0. The number of halogens is 3. The number of piperidine rings is 3. The van der Waals surface area contributed by atoms with Gasteiger partial charge in [0, 0.05) is 38.0 Å². The molecule has 4 rings (SSSR count). The summed E-state index contributed by atoms with van der Waals surface area (Å²) in [5.41, 5.74) is 0. The van der Waals surface area contributed by atoms with Crippen molar-refractivity contribution in [1.29, 1.82) is 0 Å². The lowest BCUT2D eigenvalue weighted by Gasteiger charge is -2.55. The molecule has 0 aromatic carbocycles. The molecular weight excluding hydrogens is 389 g/mol. The van der Waals surface area contributed by atoms with E-state index in [2.05, 4.69) is 15.0 Å². The van der Waals surface area contributed by atoms with Gasteiger partial charge in [0.2, 0.25) is 11.8 Å². The van der Waals surface area contributed by atoms with Crippen LogP contribution in [-0.4, -0.2) is 80.8 Å². The summed E-state index contributed by atoms with van der Waals surface area (Å²) in [6.07, 6.45) is 1.30. The van der Waals surface area contributed by atoms with Gasteiger partial charge in [-0.1, -0.05) is 0 Å². The quantitative estimate of drug-likeness (QED) is 0.765. The predicted molar refractivity (Wildman–Crippen MR) is 95.4 cm³/mol. The number of nitrogens with zero attached hydrogens (tertiary/aromatic N) is 5. The van der Waals surface area contributed by atoms with Gasteiger partial charge < -0.3 is 15.1 Å². The van der Waals surface area contributed by atoms with E-state index in [-0.39, 0.29) is 23.8 Å². The van der Waals surface area contributed by atoms with E-state index >= 15 is 0 Å². The van der Waals surface area contributed by atoms with Crippen LogP contribution in [0.4, 0.5) is 13.2 Å². The molecule has 3 aliphatic heterocycles. The minimum absolute atomic E-state index is 0.0803. The van der Waals surface area contributed by atoms with Crippen molar-refractivity contribution in [3.05, 3.63) is 12.7 Å². The van der Waals surface area contributed by atoms with Gasteiger partial charge in [-0.25, -0.2) is 4.98 Å². The molecule has 29 heavy (non-hydrogen) atoms. The molecule has 4 atom stereocenters.